The van der Waals surface area contributed by atoms with Gasteiger partial charge < -0.3 is 14.8 Å². The SMILES string of the molecule is CO/N=C/c1ccc(C(=O)N2CCC(C)C(O)C2)cc1. The van der Waals surface area contributed by atoms with Crippen molar-refractivity contribution in [3.63, 3.8) is 0 Å². The molecule has 1 saturated heterocycles. The highest BCUT2D eigenvalue weighted by Gasteiger charge is 2.27. The summed E-state index contributed by atoms with van der Waals surface area (Å²) in [5.41, 5.74) is 1.50. The van der Waals surface area contributed by atoms with Crippen molar-refractivity contribution in [3.05, 3.63) is 35.4 Å². The van der Waals surface area contributed by atoms with Crippen LogP contribution in [0.1, 0.15) is 29.3 Å². The Hall–Kier alpha value is -1.88. The lowest BCUT2D eigenvalue weighted by atomic mass is 9.95. The normalized spacial score (nSPS) is 23.1. The summed E-state index contributed by atoms with van der Waals surface area (Å²) in [6, 6.07) is 7.17. The van der Waals surface area contributed by atoms with Gasteiger partial charge in [-0.2, -0.15) is 0 Å². The van der Waals surface area contributed by atoms with Crippen LogP contribution in [-0.4, -0.2) is 48.4 Å². The minimum atomic E-state index is -0.430. The van der Waals surface area contributed by atoms with Crippen LogP contribution in [0.5, 0.6) is 0 Å². The van der Waals surface area contributed by atoms with Crippen molar-refractivity contribution in [3.8, 4) is 0 Å². The topological polar surface area (TPSA) is 62.1 Å². The van der Waals surface area contributed by atoms with Gasteiger partial charge in [-0.05, 0) is 30.0 Å². The molecule has 0 aromatic heterocycles. The molecule has 0 saturated carbocycles. The van der Waals surface area contributed by atoms with Crippen LogP contribution in [0.15, 0.2) is 29.4 Å². The van der Waals surface area contributed by atoms with Crippen LogP contribution < -0.4 is 0 Å². The van der Waals surface area contributed by atoms with Gasteiger partial charge in [0.1, 0.15) is 7.11 Å². The molecular weight excluding hydrogens is 256 g/mol. The molecule has 1 heterocycles. The first-order valence-corrected chi connectivity index (χ1v) is 6.75. The molecule has 1 amide bonds. The number of carbonyl (C=O) groups is 1. The summed E-state index contributed by atoms with van der Waals surface area (Å²) in [5, 5.41) is 13.5. The average Bonchev–Trinajstić information content (AvgIpc) is 2.48. The first-order valence-electron chi connectivity index (χ1n) is 6.75. The van der Waals surface area contributed by atoms with Gasteiger partial charge >= 0.3 is 0 Å². The van der Waals surface area contributed by atoms with Gasteiger partial charge in [0, 0.05) is 18.7 Å². The van der Waals surface area contributed by atoms with Crippen LogP contribution in [0.3, 0.4) is 0 Å². The van der Waals surface area contributed by atoms with Gasteiger partial charge in [0.25, 0.3) is 5.91 Å². The van der Waals surface area contributed by atoms with Gasteiger partial charge in [0.15, 0.2) is 0 Å². The zero-order valence-electron chi connectivity index (χ0n) is 11.8. The zero-order chi connectivity index (χ0) is 14.5. The van der Waals surface area contributed by atoms with E-state index in [-0.39, 0.29) is 11.8 Å². The number of benzene rings is 1. The maximum Gasteiger partial charge on any atom is 0.253 e. The van der Waals surface area contributed by atoms with Crippen molar-refractivity contribution >= 4 is 12.1 Å². The molecule has 5 nitrogen and oxygen atoms in total. The minimum absolute atomic E-state index is 0.0359. The Balaban J connectivity index is 2.04. The van der Waals surface area contributed by atoms with Gasteiger partial charge in [0.2, 0.25) is 0 Å². The maximum atomic E-state index is 12.3. The molecule has 1 aliphatic heterocycles. The maximum absolute atomic E-state index is 12.3. The summed E-state index contributed by atoms with van der Waals surface area (Å²) in [4.78, 5) is 18.7. The summed E-state index contributed by atoms with van der Waals surface area (Å²) in [7, 11) is 1.48. The molecule has 5 heteroatoms. The number of hydrogen-bond donors (Lipinski definition) is 1. The zero-order valence-corrected chi connectivity index (χ0v) is 11.8. The van der Waals surface area contributed by atoms with Crippen LogP contribution in [-0.2, 0) is 4.84 Å². The van der Waals surface area contributed by atoms with E-state index in [2.05, 4.69) is 9.99 Å². The van der Waals surface area contributed by atoms with Crippen molar-refractivity contribution in [2.45, 2.75) is 19.4 Å². The molecule has 2 rings (SSSR count). The molecule has 0 spiro atoms. The third kappa shape index (κ3) is 3.36. The molecule has 1 fully saturated rings. The molecule has 1 N–H and O–H groups in total. The minimum Gasteiger partial charge on any atom is -0.399 e. The van der Waals surface area contributed by atoms with Gasteiger partial charge in [-0.3, -0.25) is 4.79 Å². The van der Waals surface area contributed by atoms with E-state index in [1.54, 1.807) is 23.2 Å². The number of rotatable bonds is 3. The van der Waals surface area contributed by atoms with E-state index in [0.717, 1.165) is 12.0 Å². The lowest BCUT2D eigenvalue weighted by molar-refractivity contribution is 0.0248. The molecule has 2 unspecified atom stereocenters. The predicted octanol–water partition coefficient (Wildman–Crippen LogP) is 1.51. The molecular formula is C15H20N2O3. The van der Waals surface area contributed by atoms with Gasteiger partial charge in [-0.25, -0.2) is 0 Å². The van der Waals surface area contributed by atoms with Crippen molar-refractivity contribution < 1.29 is 14.7 Å². The highest BCUT2D eigenvalue weighted by Crippen LogP contribution is 2.19. The van der Waals surface area contributed by atoms with Crippen molar-refractivity contribution in [1.82, 2.24) is 4.90 Å². The summed E-state index contributed by atoms with van der Waals surface area (Å²) in [5.74, 6) is 0.220. The first kappa shape index (κ1) is 14.5. The monoisotopic (exact) mass is 276 g/mol. The van der Waals surface area contributed by atoms with Gasteiger partial charge in [-0.1, -0.05) is 24.2 Å². The highest BCUT2D eigenvalue weighted by atomic mass is 16.6. The van der Waals surface area contributed by atoms with Gasteiger partial charge in [0.05, 0.1) is 12.3 Å². The van der Waals surface area contributed by atoms with E-state index in [9.17, 15) is 9.90 Å². The van der Waals surface area contributed by atoms with E-state index in [1.807, 2.05) is 19.1 Å². The number of carbonyl (C=O) groups excluding carboxylic acids is 1. The Morgan fingerprint density at radius 2 is 2.15 bits per heavy atom. The average molecular weight is 276 g/mol. The number of β-amino-alcohol motifs (C(OH)–C–C–N with tert-alkyl or cyclic N) is 1. The molecule has 2 atom stereocenters. The second-order valence-corrected chi connectivity index (χ2v) is 5.12. The lowest BCUT2D eigenvalue weighted by Crippen LogP contribution is -2.45. The van der Waals surface area contributed by atoms with Crippen molar-refractivity contribution in [1.29, 1.82) is 0 Å². The van der Waals surface area contributed by atoms with E-state index < -0.39 is 6.10 Å². The molecule has 1 aromatic rings. The fourth-order valence-electron chi connectivity index (χ4n) is 2.24. The van der Waals surface area contributed by atoms with E-state index >= 15 is 0 Å². The number of oxime groups is 1. The number of amides is 1. The fraction of sp³-hybridized carbons (Fsp3) is 0.467. The van der Waals surface area contributed by atoms with Crippen LogP contribution in [0.4, 0.5) is 0 Å². The third-order valence-electron chi connectivity index (χ3n) is 3.67. The smallest absolute Gasteiger partial charge is 0.253 e. The molecule has 0 radical (unpaired) electrons. The summed E-state index contributed by atoms with van der Waals surface area (Å²) >= 11 is 0. The van der Waals surface area contributed by atoms with Crippen molar-refractivity contribution in [2.24, 2.45) is 11.1 Å². The fourth-order valence-corrected chi connectivity index (χ4v) is 2.24. The van der Waals surface area contributed by atoms with Crippen LogP contribution >= 0.6 is 0 Å². The Labute approximate surface area is 118 Å². The summed E-state index contributed by atoms with van der Waals surface area (Å²) in [6.45, 7) is 3.12. The Bertz CT molecular complexity index is 484. The number of piperidine rings is 1. The van der Waals surface area contributed by atoms with E-state index in [0.29, 0.717) is 18.7 Å². The molecule has 0 bridgehead atoms. The molecule has 108 valence electrons. The summed E-state index contributed by atoms with van der Waals surface area (Å²) in [6.07, 6.45) is 1.99. The van der Waals surface area contributed by atoms with Crippen LogP contribution in [0, 0.1) is 5.92 Å². The second kappa shape index (κ2) is 6.52. The first-order chi connectivity index (χ1) is 9.61. The Morgan fingerprint density at radius 1 is 1.45 bits per heavy atom. The Kier molecular flexibility index (Phi) is 4.74. The largest absolute Gasteiger partial charge is 0.399 e. The lowest BCUT2D eigenvalue weighted by Gasteiger charge is -2.34. The number of aliphatic hydroxyl groups excluding tert-OH is 1. The molecule has 1 aliphatic rings. The highest BCUT2D eigenvalue weighted by molar-refractivity contribution is 5.95. The predicted molar refractivity (Wildman–Crippen MR) is 76.7 cm³/mol. The Morgan fingerprint density at radius 3 is 2.75 bits per heavy atom. The number of nitrogens with zero attached hydrogens (tertiary/aromatic N) is 2. The molecule has 20 heavy (non-hydrogen) atoms. The number of aliphatic hydroxyl groups is 1. The number of hydrogen-bond acceptors (Lipinski definition) is 4. The second-order valence-electron chi connectivity index (χ2n) is 5.12. The van der Waals surface area contributed by atoms with Crippen molar-refractivity contribution in [2.75, 3.05) is 20.2 Å². The third-order valence-corrected chi connectivity index (χ3v) is 3.67. The van der Waals surface area contributed by atoms with Crippen LogP contribution in [0.25, 0.3) is 0 Å². The van der Waals surface area contributed by atoms with E-state index in [1.165, 1.54) is 7.11 Å². The van der Waals surface area contributed by atoms with Crippen LogP contribution in [0.2, 0.25) is 0 Å². The summed E-state index contributed by atoms with van der Waals surface area (Å²) < 4.78 is 0. The quantitative estimate of drug-likeness (QED) is 0.672. The van der Waals surface area contributed by atoms with E-state index in [4.69, 9.17) is 0 Å². The standard InChI is InChI=1S/C15H20N2O3/c1-11-7-8-17(10-14(11)18)15(19)13-5-3-12(4-6-13)9-16-20-2/h3-6,9,11,14,18H,7-8,10H2,1-2H3/b16-9+. The molecule has 1 aromatic carbocycles. The molecule has 0 aliphatic carbocycles. The van der Waals surface area contributed by atoms with Gasteiger partial charge in [-0.15, -0.1) is 0 Å². The number of likely N-dealkylation sites (tertiary alicyclic amines) is 1.